The summed E-state index contributed by atoms with van der Waals surface area (Å²) in [5, 5.41) is 0.534. The monoisotopic (exact) mass is 416 g/mol. The summed E-state index contributed by atoms with van der Waals surface area (Å²) in [6, 6.07) is 6.99. The van der Waals surface area contributed by atoms with Crippen molar-refractivity contribution in [1.82, 2.24) is 0 Å². The summed E-state index contributed by atoms with van der Waals surface area (Å²) < 4.78 is 39.2. The fraction of sp³-hybridized carbons (Fsp3) is 0.143. The highest BCUT2D eigenvalue weighted by Crippen LogP contribution is 2.42. The molecule has 0 saturated heterocycles. The van der Waals surface area contributed by atoms with E-state index < -0.39 is 11.7 Å². The molecule has 0 fully saturated rings. The summed E-state index contributed by atoms with van der Waals surface area (Å²) in [5.74, 6) is 0. The van der Waals surface area contributed by atoms with Gasteiger partial charge in [0, 0.05) is 10.9 Å². The Labute approximate surface area is 142 Å². The number of benzene rings is 2. The molecule has 0 aromatic heterocycles. The maximum absolute atomic E-state index is 13.1. The maximum atomic E-state index is 13.1. The molecule has 0 aliphatic carbocycles. The lowest BCUT2D eigenvalue weighted by Crippen LogP contribution is -2.09. The molecule has 0 heterocycles. The van der Waals surface area contributed by atoms with E-state index in [1.165, 1.54) is 12.1 Å². The summed E-state index contributed by atoms with van der Waals surface area (Å²) >= 11 is 21.0. The SMILES string of the molecule is FC(F)(F)c1cccc(-c2ccc(Cl)c(Cl)c2Cl)c1CBr. The van der Waals surface area contributed by atoms with Crippen molar-refractivity contribution in [3.05, 3.63) is 56.5 Å². The van der Waals surface area contributed by atoms with E-state index in [0.717, 1.165) is 6.07 Å². The standard InChI is InChI=1S/C14H7BrCl3F3/c15-6-9-7(2-1-3-10(9)14(19,20)21)8-4-5-11(16)13(18)12(8)17/h1-5H,6H2. The van der Waals surface area contributed by atoms with E-state index >= 15 is 0 Å². The fourth-order valence-corrected chi connectivity index (χ4v) is 3.22. The van der Waals surface area contributed by atoms with Gasteiger partial charge in [0.2, 0.25) is 0 Å². The smallest absolute Gasteiger partial charge is 0.166 e. The Hall–Kier alpha value is -0.420. The van der Waals surface area contributed by atoms with Crippen molar-refractivity contribution in [3.8, 4) is 11.1 Å². The molecule has 0 aliphatic heterocycles. The molecule has 21 heavy (non-hydrogen) atoms. The Kier molecular flexibility index (Phi) is 5.14. The van der Waals surface area contributed by atoms with Crippen LogP contribution in [0.2, 0.25) is 15.1 Å². The van der Waals surface area contributed by atoms with Gasteiger partial charge in [-0.05, 0) is 23.3 Å². The molecule has 0 radical (unpaired) electrons. The van der Waals surface area contributed by atoms with Crippen LogP contribution in [0.4, 0.5) is 13.2 Å². The average Bonchev–Trinajstić information content (AvgIpc) is 2.43. The van der Waals surface area contributed by atoms with Gasteiger partial charge in [-0.3, -0.25) is 0 Å². The summed E-state index contributed by atoms with van der Waals surface area (Å²) in [6.07, 6.45) is -4.44. The molecule has 112 valence electrons. The van der Waals surface area contributed by atoms with Gasteiger partial charge < -0.3 is 0 Å². The van der Waals surface area contributed by atoms with Crippen molar-refractivity contribution in [2.45, 2.75) is 11.5 Å². The van der Waals surface area contributed by atoms with Gasteiger partial charge in [-0.25, -0.2) is 0 Å². The number of alkyl halides is 4. The average molecular weight is 418 g/mol. The van der Waals surface area contributed by atoms with Crippen molar-refractivity contribution in [2.24, 2.45) is 0 Å². The largest absolute Gasteiger partial charge is 0.416 e. The first kappa shape index (κ1) is 16.9. The van der Waals surface area contributed by atoms with Crippen LogP contribution in [-0.4, -0.2) is 0 Å². The van der Waals surface area contributed by atoms with Gasteiger partial charge in [-0.2, -0.15) is 13.2 Å². The summed E-state index contributed by atoms with van der Waals surface area (Å²) in [6.45, 7) is 0. The second kappa shape index (κ2) is 6.37. The zero-order chi connectivity index (χ0) is 15.8. The Balaban J connectivity index is 2.74. The second-order valence-corrected chi connectivity index (χ2v) is 5.91. The van der Waals surface area contributed by atoms with Gasteiger partial charge in [0.05, 0.1) is 20.6 Å². The van der Waals surface area contributed by atoms with Gasteiger partial charge in [-0.15, -0.1) is 0 Å². The van der Waals surface area contributed by atoms with Crippen molar-refractivity contribution in [2.75, 3.05) is 0 Å². The van der Waals surface area contributed by atoms with Gasteiger partial charge in [0.1, 0.15) is 0 Å². The molecule has 2 rings (SSSR count). The third kappa shape index (κ3) is 3.34. The van der Waals surface area contributed by atoms with E-state index in [-0.39, 0.29) is 26.0 Å². The topological polar surface area (TPSA) is 0 Å². The Morgan fingerprint density at radius 2 is 1.57 bits per heavy atom. The zero-order valence-corrected chi connectivity index (χ0v) is 14.1. The van der Waals surface area contributed by atoms with Crippen LogP contribution < -0.4 is 0 Å². The molecular weight excluding hydrogens is 411 g/mol. The van der Waals surface area contributed by atoms with E-state index in [1.54, 1.807) is 12.1 Å². The summed E-state index contributed by atoms with van der Waals surface area (Å²) in [7, 11) is 0. The highest BCUT2D eigenvalue weighted by molar-refractivity contribution is 9.08. The first-order chi connectivity index (χ1) is 9.77. The molecule has 0 unspecified atom stereocenters. The lowest BCUT2D eigenvalue weighted by atomic mass is 9.96. The van der Waals surface area contributed by atoms with E-state index in [4.69, 9.17) is 34.8 Å². The quantitative estimate of drug-likeness (QED) is 0.357. The van der Waals surface area contributed by atoms with Crippen LogP contribution in [0.5, 0.6) is 0 Å². The van der Waals surface area contributed by atoms with Gasteiger partial charge in [0.25, 0.3) is 0 Å². The first-order valence-corrected chi connectivity index (χ1v) is 7.91. The highest BCUT2D eigenvalue weighted by Gasteiger charge is 2.34. The predicted octanol–water partition coefficient (Wildman–Crippen LogP) is 7.23. The minimum absolute atomic E-state index is 0.0363. The Bertz CT molecular complexity index is 684. The lowest BCUT2D eigenvalue weighted by Gasteiger charge is -2.17. The highest BCUT2D eigenvalue weighted by atomic mass is 79.9. The van der Waals surface area contributed by atoms with Crippen molar-refractivity contribution in [3.63, 3.8) is 0 Å². The third-order valence-electron chi connectivity index (χ3n) is 2.94. The molecular formula is C14H7BrCl3F3. The van der Waals surface area contributed by atoms with Crippen LogP contribution in [0, 0.1) is 0 Å². The number of hydrogen-bond acceptors (Lipinski definition) is 0. The van der Waals surface area contributed by atoms with E-state index in [1.807, 2.05) is 0 Å². The third-order valence-corrected chi connectivity index (χ3v) is 4.79. The van der Waals surface area contributed by atoms with Gasteiger partial charge in [-0.1, -0.05) is 68.9 Å². The molecule has 0 N–H and O–H groups in total. The molecule has 7 heteroatoms. The van der Waals surface area contributed by atoms with E-state index in [9.17, 15) is 13.2 Å². The molecule has 0 saturated carbocycles. The molecule has 0 spiro atoms. The molecule has 0 nitrogen and oxygen atoms in total. The predicted molar refractivity (Wildman–Crippen MR) is 84.5 cm³/mol. The summed E-state index contributed by atoms with van der Waals surface area (Å²) in [4.78, 5) is 0. The Morgan fingerprint density at radius 1 is 0.905 bits per heavy atom. The lowest BCUT2D eigenvalue weighted by molar-refractivity contribution is -0.138. The maximum Gasteiger partial charge on any atom is 0.416 e. The second-order valence-electron chi connectivity index (χ2n) is 4.19. The van der Waals surface area contributed by atoms with Crippen LogP contribution in [-0.2, 0) is 11.5 Å². The number of halogens is 7. The minimum atomic E-state index is -4.44. The van der Waals surface area contributed by atoms with Crippen LogP contribution in [0.25, 0.3) is 11.1 Å². The minimum Gasteiger partial charge on any atom is -0.166 e. The van der Waals surface area contributed by atoms with Gasteiger partial charge in [0.15, 0.2) is 0 Å². The number of rotatable bonds is 2. The molecule has 2 aromatic carbocycles. The molecule has 0 bridgehead atoms. The normalized spacial score (nSPS) is 11.8. The van der Waals surface area contributed by atoms with E-state index in [0.29, 0.717) is 11.1 Å². The molecule has 0 aliphatic rings. The Morgan fingerprint density at radius 3 is 2.14 bits per heavy atom. The van der Waals surface area contributed by atoms with E-state index in [2.05, 4.69) is 15.9 Å². The van der Waals surface area contributed by atoms with Crippen molar-refractivity contribution in [1.29, 1.82) is 0 Å². The summed E-state index contributed by atoms with van der Waals surface area (Å²) in [5.41, 5.74) is 0.168. The van der Waals surface area contributed by atoms with Crippen LogP contribution in [0.3, 0.4) is 0 Å². The van der Waals surface area contributed by atoms with Crippen LogP contribution >= 0.6 is 50.7 Å². The van der Waals surface area contributed by atoms with Crippen molar-refractivity contribution >= 4 is 50.7 Å². The van der Waals surface area contributed by atoms with Crippen molar-refractivity contribution < 1.29 is 13.2 Å². The zero-order valence-electron chi connectivity index (χ0n) is 10.2. The van der Waals surface area contributed by atoms with Crippen LogP contribution in [0.1, 0.15) is 11.1 Å². The first-order valence-electron chi connectivity index (χ1n) is 5.66. The van der Waals surface area contributed by atoms with Gasteiger partial charge >= 0.3 is 6.18 Å². The fourth-order valence-electron chi connectivity index (χ4n) is 1.98. The molecule has 0 amide bonds. The molecule has 0 atom stereocenters. The van der Waals surface area contributed by atoms with Crippen LogP contribution in [0.15, 0.2) is 30.3 Å². The number of hydrogen-bond donors (Lipinski definition) is 0. The molecule has 2 aromatic rings.